The molecule has 0 N–H and O–H groups in total. The number of ether oxygens (including phenoxy) is 2. The van der Waals surface area contributed by atoms with Gasteiger partial charge in [0.1, 0.15) is 23.6 Å². The summed E-state index contributed by atoms with van der Waals surface area (Å²) in [5.74, 6) is 0.663. The molecule has 138 valence electrons. The average molecular weight is 357 g/mol. The number of rotatable bonds is 9. The first-order valence-corrected chi connectivity index (χ1v) is 8.42. The van der Waals surface area contributed by atoms with Crippen molar-refractivity contribution in [3.8, 4) is 11.5 Å². The van der Waals surface area contributed by atoms with Crippen LogP contribution in [0.2, 0.25) is 0 Å². The van der Waals surface area contributed by atoms with Gasteiger partial charge in [-0.3, -0.25) is 4.79 Å². The maximum Gasteiger partial charge on any atom is 0.143 e. The third kappa shape index (κ3) is 5.43. The van der Waals surface area contributed by atoms with Crippen LogP contribution in [-0.2, 0) is 4.79 Å². The summed E-state index contributed by atoms with van der Waals surface area (Å²) in [6.45, 7) is 1.53. The van der Waals surface area contributed by atoms with Crippen LogP contribution < -0.4 is 9.47 Å². The van der Waals surface area contributed by atoms with Gasteiger partial charge >= 0.3 is 0 Å². The lowest BCUT2D eigenvalue weighted by atomic mass is 9.97. The molecule has 0 aliphatic heterocycles. The van der Waals surface area contributed by atoms with Crippen LogP contribution >= 0.6 is 0 Å². The van der Waals surface area contributed by atoms with Gasteiger partial charge < -0.3 is 14.4 Å². The van der Waals surface area contributed by atoms with Crippen molar-refractivity contribution < 1.29 is 18.7 Å². The van der Waals surface area contributed by atoms with Gasteiger partial charge in [-0.1, -0.05) is 12.1 Å². The summed E-state index contributed by atoms with van der Waals surface area (Å²) < 4.78 is 25.3. The lowest BCUT2D eigenvalue weighted by Gasteiger charge is -2.13. The summed E-state index contributed by atoms with van der Waals surface area (Å²) in [4.78, 5) is 13.2. The van der Waals surface area contributed by atoms with E-state index in [-0.39, 0.29) is 0 Å². The number of allylic oxidation sites excluding steroid dienone is 1. The summed E-state index contributed by atoms with van der Waals surface area (Å²) in [6.07, 6.45) is 2.92. The Labute approximate surface area is 153 Å². The smallest absolute Gasteiger partial charge is 0.143 e. The molecular formula is C21H24FNO3. The average Bonchev–Trinajstić information content (AvgIpc) is 2.63. The van der Waals surface area contributed by atoms with Gasteiger partial charge in [-0.2, -0.15) is 0 Å². The van der Waals surface area contributed by atoms with Crippen molar-refractivity contribution in [1.82, 2.24) is 4.90 Å². The minimum atomic E-state index is -0.449. The van der Waals surface area contributed by atoms with E-state index < -0.39 is 5.82 Å². The minimum Gasteiger partial charge on any atom is -0.497 e. The summed E-state index contributed by atoms with van der Waals surface area (Å²) in [6, 6.07) is 11.9. The monoisotopic (exact) mass is 357 g/mol. The maximum absolute atomic E-state index is 14.4. The van der Waals surface area contributed by atoms with E-state index in [9.17, 15) is 9.18 Å². The normalized spacial score (nSPS) is 11.5. The number of methoxy groups -OCH3 is 1. The fourth-order valence-corrected chi connectivity index (χ4v) is 2.57. The molecule has 0 fully saturated rings. The van der Waals surface area contributed by atoms with Gasteiger partial charge in [-0.25, -0.2) is 4.39 Å². The summed E-state index contributed by atoms with van der Waals surface area (Å²) in [7, 11) is 5.51. The molecule has 0 saturated carbocycles. The molecule has 0 aromatic heterocycles. The number of hydrogen-bond donors (Lipinski definition) is 0. The molecule has 0 atom stereocenters. The molecule has 0 saturated heterocycles. The van der Waals surface area contributed by atoms with Crippen molar-refractivity contribution in [2.24, 2.45) is 0 Å². The molecule has 4 nitrogen and oxygen atoms in total. The number of aldehydes is 1. The van der Waals surface area contributed by atoms with Gasteiger partial charge in [0.15, 0.2) is 0 Å². The highest BCUT2D eigenvalue weighted by atomic mass is 19.1. The van der Waals surface area contributed by atoms with Crippen LogP contribution in [0.1, 0.15) is 17.5 Å². The lowest BCUT2D eigenvalue weighted by molar-refractivity contribution is -0.104. The molecule has 0 aliphatic rings. The van der Waals surface area contributed by atoms with E-state index in [0.717, 1.165) is 13.0 Å². The predicted molar refractivity (Wildman–Crippen MR) is 101 cm³/mol. The fraction of sp³-hybridized carbons (Fsp3) is 0.286. The number of nitrogens with zero attached hydrogens (tertiary/aromatic N) is 1. The Kier molecular flexibility index (Phi) is 7.36. The molecule has 26 heavy (non-hydrogen) atoms. The number of carbonyl (C=O) groups is 1. The van der Waals surface area contributed by atoms with Crippen molar-refractivity contribution in [2.45, 2.75) is 6.42 Å². The zero-order valence-electron chi connectivity index (χ0n) is 15.4. The molecule has 0 aliphatic carbocycles. The van der Waals surface area contributed by atoms with Crippen LogP contribution in [0.25, 0.3) is 5.57 Å². The Bertz CT molecular complexity index is 772. The molecule has 0 bridgehead atoms. The van der Waals surface area contributed by atoms with E-state index in [1.165, 1.54) is 19.3 Å². The molecule has 0 unspecified atom stereocenters. The summed E-state index contributed by atoms with van der Waals surface area (Å²) in [5, 5.41) is 0. The third-order valence-electron chi connectivity index (χ3n) is 3.86. The van der Waals surface area contributed by atoms with Crippen LogP contribution in [0.4, 0.5) is 4.39 Å². The highest BCUT2D eigenvalue weighted by Crippen LogP contribution is 2.29. The Morgan fingerprint density at radius 2 is 1.96 bits per heavy atom. The zero-order valence-corrected chi connectivity index (χ0v) is 15.4. The van der Waals surface area contributed by atoms with Crippen molar-refractivity contribution >= 4 is 11.9 Å². The van der Waals surface area contributed by atoms with Crippen LogP contribution in [0.15, 0.2) is 48.5 Å². The van der Waals surface area contributed by atoms with Gasteiger partial charge in [-0.05, 0) is 62.0 Å². The first-order chi connectivity index (χ1) is 12.5. The van der Waals surface area contributed by atoms with Gasteiger partial charge in [0.05, 0.1) is 13.7 Å². The standard InChI is InChI=1S/C21H24FNO3/c1-23(2)11-5-13-26-18-7-4-6-16(14-18)19(10-12-24)20-9-8-17(25-3)15-21(20)22/h4,6-10,12,14-15H,5,11,13H2,1-3H3. The molecule has 2 rings (SSSR count). The predicted octanol–water partition coefficient (Wildman–Crippen LogP) is 3.80. The largest absolute Gasteiger partial charge is 0.497 e. The second-order valence-electron chi connectivity index (χ2n) is 6.10. The molecule has 0 heterocycles. The Morgan fingerprint density at radius 3 is 2.62 bits per heavy atom. The second-order valence-corrected chi connectivity index (χ2v) is 6.10. The van der Waals surface area contributed by atoms with Gasteiger partial charge in [-0.15, -0.1) is 0 Å². The topological polar surface area (TPSA) is 38.8 Å². The highest BCUT2D eigenvalue weighted by Gasteiger charge is 2.12. The lowest BCUT2D eigenvalue weighted by Crippen LogP contribution is -2.15. The second kappa shape index (κ2) is 9.73. The molecule has 0 spiro atoms. The number of benzene rings is 2. The van der Waals surface area contributed by atoms with Gasteiger partial charge in [0.2, 0.25) is 0 Å². The van der Waals surface area contributed by atoms with Crippen LogP contribution in [0.5, 0.6) is 11.5 Å². The SMILES string of the molecule is COc1ccc(C(=CC=O)c2cccc(OCCCN(C)C)c2)c(F)c1. The van der Waals surface area contributed by atoms with E-state index >= 15 is 0 Å². The fourth-order valence-electron chi connectivity index (χ4n) is 2.57. The minimum absolute atomic E-state index is 0.336. The Balaban J connectivity index is 2.24. The van der Waals surface area contributed by atoms with E-state index in [4.69, 9.17) is 9.47 Å². The number of carbonyl (C=O) groups excluding carboxylic acids is 1. The van der Waals surface area contributed by atoms with Crippen molar-refractivity contribution in [1.29, 1.82) is 0 Å². The first kappa shape index (κ1) is 19.7. The van der Waals surface area contributed by atoms with E-state index in [1.807, 2.05) is 38.4 Å². The molecule has 0 amide bonds. The van der Waals surface area contributed by atoms with Crippen molar-refractivity contribution in [2.75, 3.05) is 34.4 Å². The molecule has 5 heteroatoms. The molecule has 0 radical (unpaired) electrons. The Hall–Kier alpha value is -2.66. The summed E-state index contributed by atoms with van der Waals surface area (Å²) in [5.41, 5.74) is 1.55. The van der Waals surface area contributed by atoms with Gasteiger partial charge in [0.25, 0.3) is 0 Å². The first-order valence-electron chi connectivity index (χ1n) is 8.42. The van der Waals surface area contributed by atoms with Crippen molar-refractivity contribution in [3.63, 3.8) is 0 Å². The van der Waals surface area contributed by atoms with Crippen LogP contribution in [0.3, 0.4) is 0 Å². The molecular weight excluding hydrogens is 333 g/mol. The quantitative estimate of drug-likeness (QED) is 0.389. The zero-order chi connectivity index (χ0) is 18.9. The summed E-state index contributed by atoms with van der Waals surface area (Å²) >= 11 is 0. The van der Waals surface area contributed by atoms with Crippen LogP contribution in [0, 0.1) is 5.82 Å². The Morgan fingerprint density at radius 1 is 1.15 bits per heavy atom. The van der Waals surface area contributed by atoms with E-state index in [2.05, 4.69) is 4.90 Å². The van der Waals surface area contributed by atoms with E-state index in [1.54, 1.807) is 12.1 Å². The van der Waals surface area contributed by atoms with Crippen LogP contribution in [-0.4, -0.2) is 45.5 Å². The molecule has 2 aromatic carbocycles. The van der Waals surface area contributed by atoms with Gasteiger partial charge in [0, 0.05) is 18.2 Å². The van der Waals surface area contributed by atoms with E-state index in [0.29, 0.717) is 41.1 Å². The molecule has 2 aromatic rings. The number of halogens is 1. The highest BCUT2D eigenvalue weighted by molar-refractivity contribution is 5.90. The van der Waals surface area contributed by atoms with Crippen molar-refractivity contribution in [3.05, 3.63) is 65.5 Å². The third-order valence-corrected chi connectivity index (χ3v) is 3.86. The number of hydrogen-bond acceptors (Lipinski definition) is 4. The maximum atomic E-state index is 14.4.